The number of hydrogen-bond acceptors (Lipinski definition) is 4. The molecule has 0 N–H and O–H groups in total. The lowest BCUT2D eigenvalue weighted by Crippen LogP contribution is -2.50. The predicted octanol–water partition coefficient (Wildman–Crippen LogP) is 7.96. The van der Waals surface area contributed by atoms with E-state index in [2.05, 4.69) is 27.7 Å². The summed E-state index contributed by atoms with van der Waals surface area (Å²) in [4.78, 5) is 0. The Morgan fingerprint density at radius 2 is 0.667 bits per heavy atom. The third-order valence-electron chi connectivity index (χ3n) is 6.58. The minimum absolute atomic E-state index is 1.35. The number of unbranched alkanes of at least 4 members (excludes halogenated alkanes) is 15. The van der Waals surface area contributed by atoms with Crippen molar-refractivity contribution >= 4 is 10.4 Å². The Morgan fingerprint density at radius 3 is 0.909 bits per heavy atom. The van der Waals surface area contributed by atoms with E-state index < -0.39 is 10.4 Å². The summed E-state index contributed by atoms with van der Waals surface area (Å²) in [7, 11) is -5.17. The zero-order valence-electron chi connectivity index (χ0n) is 22.8. The van der Waals surface area contributed by atoms with Crippen LogP contribution in [0.5, 0.6) is 0 Å². The highest BCUT2D eigenvalue weighted by molar-refractivity contribution is 7.79. The van der Waals surface area contributed by atoms with Crippen LogP contribution in [0.3, 0.4) is 0 Å². The summed E-state index contributed by atoms with van der Waals surface area (Å²) in [6, 6.07) is 0. The average Bonchev–Trinajstić information content (AvgIpc) is 2.73. The van der Waals surface area contributed by atoms with Crippen LogP contribution in [0.2, 0.25) is 0 Å². The molecule has 0 aliphatic carbocycles. The van der Waals surface area contributed by atoms with E-state index in [0.717, 1.165) is 0 Å². The van der Waals surface area contributed by atoms with Crippen LogP contribution in [0.15, 0.2) is 0 Å². The second kappa shape index (κ2) is 24.9. The van der Waals surface area contributed by atoms with E-state index in [-0.39, 0.29) is 0 Å². The molecule has 0 unspecified atom stereocenters. The summed E-state index contributed by atoms with van der Waals surface area (Å²) in [6.07, 6.45) is 27.5. The van der Waals surface area contributed by atoms with Crippen molar-refractivity contribution in [1.82, 2.24) is 0 Å². The van der Waals surface area contributed by atoms with Crippen LogP contribution in [0.4, 0.5) is 0 Å². The normalized spacial score (nSPS) is 11.9. The fourth-order valence-corrected chi connectivity index (χ4v) is 5.09. The molecule has 0 atom stereocenters. The maximum Gasteiger partial charge on any atom is 0.0786 e. The van der Waals surface area contributed by atoms with Gasteiger partial charge < -0.3 is 13.6 Å². The molecule has 0 aromatic heterocycles. The molecule has 0 aliphatic heterocycles. The van der Waals surface area contributed by atoms with Crippen LogP contribution in [0.25, 0.3) is 0 Å². The average molecular weight is 493 g/mol. The molecule has 0 aromatic rings. The van der Waals surface area contributed by atoms with Gasteiger partial charge in [0.1, 0.15) is 0 Å². The maximum absolute atomic E-state index is 8.52. The summed E-state index contributed by atoms with van der Waals surface area (Å²) >= 11 is 0. The zero-order chi connectivity index (χ0) is 25.3. The van der Waals surface area contributed by atoms with Crippen molar-refractivity contribution in [2.24, 2.45) is 0 Å². The standard InChI is InChI=1S/C27H58N.H2O4S/c1-5-9-10-11-12-13-14-15-16-17-18-19-20-21-22-23-27-28(24-6-2,25-7-3)26-8-4;1-5(2,3)4/h5-27H2,1-4H3;(H2,1,2,3,4)/q+1;/p-2. The highest BCUT2D eigenvalue weighted by atomic mass is 32.3. The van der Waals surface area contributed by atoms with Gasteiger partial charge in [-0.2, -0.15) is 0 Å². The Bertz CT molecular complexity index is 457. The monoisotopic (exact) mass is 492 g/mol. The van der Waals surface area contributed by atoms with Gasteiger partial charge in [-0.3, -0.25) is 8.42 Å². The molecule has 0 aliphatic rings. The van der Waals surface area contributed by atoms with Crippen molar-refractivity contribution < 1.29 is 22.0 Å². The van der Waals surface area contributed by atoms with E-state index in [9.17, 15) is 0 Å². The second-order valence-electron chi connectivity index (χ2n) is 9.95. The number of rotatable bonds is 23. The first kappa shape index (κ1) is 35.0. The van der Waals surface area contributed by atoms with Crippen molar-refractivity contribution in [3.05, 3.63) is 0 Å². The molecular weight excluding hydrogens is 434 g/mol. The summed E-state index contributed by atoms with van der Waals surface area (Å²) in [5.41, 5.74) is 0. The minimum Gasteiger partial charge on any atom is -0.759 e. The Hall–Kier alpha value is -0.170. The highest BCUT2D eigenvalue weighted by Crippen LogP contribution is 2.17. The van der Waals surface area contributed by atoms with Crippen LogP contribution < -0.4 is 0 Å². The van der Waals surface area contributed by atoms with Gasteiger partial charge in [0, 0.05) is 10.4 Å². The largest absolute Gasteiger partial charge is 0.759 e. The number of quaternary nitrogens is 1. The molecule has 0 amide bonds. The SMILES string of the molecule is CCCCCCCCCCCCCCCCCC[N+](CCC)(CCC)CCC.O=S(=O)([O-])[O-]. The third-order valence-corrected chi connectivity index (χ3v) is 6.58. The molecule has 0 saturated heterocycles. The maximum atomic E-state index is 8.52. The van der Waals surface area contributed by atoms with Crippen LogP contribution in [-0.2, 0) is 10.4 Å². The molecule has 0 spiro atoms. The van der Waals surface area contributed by atoms with Gasteiger partial charge in [0.15, 0.2) is 0 Å². The first-order chi connectivity index (χ1) is 15.7. The van der Waals surface area contributed by atoms with Crippen molar-refractivity contribution in [3.8, 4) is 0 Å². The molecule has 33 heavy (non-hydrogen) atoms. The molecule has 0 aromatic carbocycles. The Morgan fingerprint density at radius 1 is 0.424 bits per heavy atom. The molecule has 6 heteroatoms. The Kier molecular flexibility index (Phi) is 26.4. The number of nitrogens with zero attached hydrogens (tertiary/aromatic N) is 1. The van der Waals surface area contributed by atoms with Gasteiger partial charge in [-0.05, 0) is 32.1 Å². The lowest BCUT2D eigenvalue weighted by Gasteiger charge is -2.38. The van der Waals surface area contributed by atoms with Gasteiger partial charge in [0.2, 0.25) is 0 Å². The minimum atomic E-state index is -5.17. The van der Waals surface area contributed by atoms with Crippen LogP contribution in [0.1, 0.15) is 150 Å². The van der Waals surface area contributed by atoms with E-state index in [4.69, 9.17) is 17.5 Å². The molecule has 0 bridgehead atoms. The highest BCUT2D eigenvalue weighted by Gasteiger charge is 2.23. The van der Waals surface area contributed by atoms with Crippen molar-refractivity contribution in [1.29, 1.82) is 0 Å². The van der Waals surface area contributed by atoms with Gasteiger partial charge in [0.25, 0.3) is 0 Å². The summed E-state index contributed by atoms with van der Waals surface area (Å²) in [5, 5.41) is 0. The van der Waals surface area contributed by atoms with Gasteiger partial charge in [0.05, 0.1) is 26.2 Å². The molecular formula is C27H58NO4S-. The van der Waals surface area contributed by atoms with Gasteiger partial charge in [-0.25, -0.2) is 0 Å². The predicted molar refractivity (Wildman–Crippen MR) is 141 cm³/mol. The van der Waals surface area contributed by atoms with E-state index in [0.29, 0.717) is 0 Å². The Balaban J connectivity index is 0. The first-order valence-corrected chi connectivity index (χ1v) is 15.6. The lowest BCUT2D eigenvalue weighted by molar-refractivity contribution is -0.928. The summed E-state index contributed by atoms with van der Waals surface area (Å²) < 4.78 is 35.5. The summed E-state index contributed by atoms with van der Waals surface area (Å²) in [5.74, 6) is 0. The summed E-state index contributed by atoms with van der Waals surface area (Å²) in [6.45, 7) is 15.1. The van der Waals surface area contributed by atoms with Crippen molar-refractivity contribution in [2.45, 2.75) is 150 Å². The van der Waals surface area contributed by atoms with E-state index in [1.165, 1.54) is 153 Å². The van der Waals surface area contributed by atoms with Gasteiger partial charge >= 0.3 is 0 Å². The first-order valence-electron chi connectivity index (χ1n) is 14.3. The number of hydrogen-bond donors (Lipinski definition) is 0. The van der Waals surface area contributed by atoms with Gasteiger partial charge in [-0.1, -0.05) is 118 Å². The van der Waals surface area contributed by atoms with Crippen molar-refractivity contribution in [2.75, 3.05) is 26.2 Å². The topological polar surface area (TPSA) is 80.3 Å². The fourth-order valence-electron chi connectivity index (χ4n) is 5.09. The van der Waals surface area contributed by atoms with Gasteiger partial charge in [-0.15, -0.1) is 0 Å². The smallest absolute Gasteiger partial charge is 0.0786 e. The molecule has 0 rings (SSSR count). The third kappa shape index (κ3) is 29.8. The molecule has 0 fully saturated rings. The molecule has 5 nitrogen and oxygen atoms in total. The molecule has 0 heterocycles. The molecule has 202 valence electrons. The van der Waals surface area contributed by atoms with E-state index >= 15 is 0 Å². The van der Waals surface area contributed by atoms with E-state index in [1.54, 1.807) is 0 Å². The van der Waals surface area contributed by atoms with Crippen molar-refractivity contribution in [3.63, 3.8) is 0 Å². The molecule has 0 radical (unpaired) electrons. The zero-order valence-corrected chi connectivity index (χ0v) is 23.6. The fraction of sp³-hybridized carbons (Fsp3) is 1.00. The van der Waals surface area contributed by atoms with Crippen LogP contribution >= 0.6 is 0 Å². The lowest BCUT2D eigenvalue weighted by atomic mass is 10.0. The van der Waals surface area contributed by atoms with Crippen LogP contribution in [-0.4, -0.2) is 48.2 Å². The Labute approximate surface area is 208 Å². The second-order valence-corrected chi connectivity index (χ2v) is 10.8. The van der Waals surface area contributed by atoms with E-state index in [1.807, 2.05) is 0 Å². The van der Waals surface area contributed by atoms with Crippen LogP contribution in [0, 0.1) is 0 Å². The molecule has 0 saturated carbocycles. The quantitative estimate of drug-likeness (QED) is 0.0627.